The van der Waals surface area contributed by atoms with Crippen LogP contribution < -0.4 is 10.6 Å². The molecule has 12 heteroatoms. The summed E-state index contributed by atoms with van der Waals surface area (Å²) in [5.74, 6) is -3.40. The number of carbonyl (C=O) groups excluding carboxylic acids is 6. The zero-order valence-corrected chi connectivity index (χ0v) is 17.9. The second-order valence-corrected chi connectivity index (χ2v) is 7.10. The Hall–Kier alpha value is -3.70. The van der Waals surface area contributed by atoms with Crippen LogP contribution in [0.3, 0.4) is 0 Å². The van der Waals surface area contributed by atoms with Crippen LogP contribution in [0.25, 0.3) is 0 Å². The average Bonchev–Trinajstić information content (AvgIpc) is 2.76. The van der Waals surface area contributed by atoms with Gasteiger partial charge in [-0.25, -0.2) is 9.59 Å². The molecular weight excluding hydrogens is 420 g/mol. The molecular formula is C20H26N6O6+2. The predicted octanol–water partition coefficient (Wildman–Crippen LogP) is -0.268. The molecule has 0 spiro atoms. The average molecular weight is 446 g/mol. The Labute approximate surface area is 184 Å². The molecule has 0 aromatic rings. The van der Waals surface area contributed by atoms with E-state index in [1.54, 1.807) is 0 Å². The molecule has 0 aromatic carbocycles. The quantitative estimate of drug-likeness (QED) is 0.329. The van der Waals surface area contributed by atoms with Crippen molar-refractivity contribution in [3.8, 4) is 0 Å². The largest absolute Gasteiger partial charge is 0.437 e. The molecule has 0 fully saturated rings. The Bertz CT molecular complexity index is 872. The van der Waals surface area contributed by atoms with E-state index in [0.29, 0.717) is 25.7 Å². The number of hydrogen-bond acceptors (Lipinski definition) is 6. The molecule has 0 saturated heterocycles. The summed E-state index contributed by atoms with van der Waals surface area (Å²) in [6, 6.07) is -1.90. The van der Waals surface area contributed by atoms with Gasteiger partial charge in [0.25, 0.3) is 23.9 Å². The Morgan fingerprint density at radius 3 is 1.47 bits per heavy atom. The van der Waals surface area contributed by atoms with Crippen molar-refractivity contribution < 1.29 is 38.2 Å². The van der Waals surface area contributed by atoms with E-state index in [2.05, 4.69) is 20.9 Å². The van der Waals surface area contributed by atoms with E-state index in [4.69, 9.17) is 0 Å². The third-order valence-electron chi connectivity index (χ3n) is 4.64. The van der Waals surface area contributed by atoms with E-state index in [1.807, 2.05) is 13.8 Å². The van der Waals surface area contributed by atoms with Crippen molar-refractivity contribution in [1.29, 1.82) is 0 Å². The molecule has 2 heterocycles. The van der Waals surface area contributed by atoms with Crippen LogP contribution in [0.15, 0.2) is 34.5 Å². The molecule has 2 aliphatic rings. The van der Waals surface area contributed by atoms with Crippen LogP contribution in [-0.4, -0.2) is 70.0 Å². The molecule has 2 atom stereocenters. The lowest BCUT2D eigenvalue weighted by atomic mass is 10.1. The number of carbonyl (C=O) groups is 6. The summed E-state index contributed by atoms with van der Waals surface area (Å²) in [5.41, 5.74) is 0. The van der Waals surface area contributed by atoms with Gasteiger partial charge in [0.2, 0.25) is 0 Å². The minimum atomic E-state index is -0.951. The Balaban J connectivity index is 1.94. The number of rotatable bonds is 11. The summed E-state index contributed by atoms with van der Waals surface area (Å²) in [6.45, 7) is 3.74. The van der Waals surface area contributed by atoms with Crippen LogP contribution in [0, 0.1) is 0 Å². The van der Waals surface area contributed by atoms with E-state index in [0.717, 1.165) is 33.7 Å². The molecule has 2 unspecified atom stereocenters. The van der Waals surface area contributed by atoms with E-state index >= 15 is 0 Å². The van der Waals surface area contributed by atoms with Gasteiger partial charge in [0.05, 0.1) is 12.2 Å². The van der Waals surface area contributed by atoms with E-state index in [-0.39, 0.29) is 13.1 Å². The van der Waals surface area contributed by atoms with Crippen molar-refractivity contribution in [2.75, 3.05) is 13.1 Å². The number of nitrogens with zero attached hydrogens (tertiary/aromatic N) is 4. The normalized spacial score (nSPS) is 17.6. The fourth-order valence-electron chi connectivity index (χ4n) is 3.14. The maximum absolute atomic E-state index is 12.6. The number of amides is 6. The molecule has 2 N–H and O–H groups in total. The van der Waals surface area contributed by atoms with Gasteiger partial charge in [-0.2, -0.15) is 0 Å². The fraction of sp³-hybridized carbons (Fsp3) is 0.500. The second kappa shape index (κ2) is 11.6. The second-order valence-electron chi connectivity index (χ2n) is 7.10. The summed E-state index contributed by atoms with van der Waals surface area (Å²) in [7, 11) is 0. The smallest absolute Gasteiger partial charge is 0.348 e. The van der Waals surface area contributed by atoms with Gasteiger partial charge in [-0.05, 0) is 22.2 Å². The molecule has 12 nitrogen and oxygen atoms in total. The van der Waals surface area contributed by atoms with Crippen LogP contribution in [0.2, 0.25) is 0 Å². The van der Waals surface area contributed by atoms with Crippen molar-refractivity contribution in [3.63, 3.8) is 0 Å². The van der Waals surface area contributed by atoms with Gasteiger partial charge < -0.3 is 10.6 Å². The summed E-state index contributed by atoms with van der Waals surface area (Å²) in [6.07, 6.45) is 5.94. The van der Waals surface area contributed by atoms with Crippen molar-refractivity contribution in [2.24, 2.45) is 10.2 Å². The zero-order chi connectivity index (χ0) is 23.7. The van der Waals surface area contributed by atoms with Gasteiger partial charge in [0, 0.05) is 48.3 Å². The van der Waals surface area contributed by atoms with E-state index in [9.17, 15) is 28.8 Å². The number of azo groups is 4. The summed E-state index contributed by atoms with van der Waals surface area (Å²) < 4.78 is 1.73. The number of nitrogens with one attached hydrogen (secondary N) is 2. The highest BCUT2D eigenvalue weighted by molar-refractivity contribution is 5.98. The molecule has 6 amide bonds. The standard InChI is InChI=1S/C20H24N6O6/c1-3-5-13(25-17(29)9-7-15(27)23-25)19(31)21-11-12-22-20(32)14(6-4-2)26-18(30)10-8-16(28)24-26/h7-10,13-14H,3-6,11-12H2,1-2H3/p+2. The molecule has 0 bridgehead atoms. The lowest BCUT2D eigenvalue weighted by molar-refractivity contribution is -0.531. The Morgan fingerprint density at radius 2 is 1.12 bits per heavy atom. The van der Waals surface area contributed by atoms with Gasteiger partial charge in [-0.15, -0.1) is 0 Å². The van der Waals surface area contributed by atoms with Gasteiger partial charge in [-0.3, -0.25) is 19.2 Å². The molecule has 2 aliphatic heterocycles. The summed E-state index contributed by atoms with van der Waals surface area (Å²) in [5, 5.41) is 12.4. The molecule has 32 heavy (non-hydrogen) atoms. The summed E-state index contributed by atoms with van der Waals surface area (Å²) in [4.78, 5) is 72.1. The summed E-state index contributed by atoms with van der Waals surface area (Å²) >= 11 is 0. The first-order valence-corrected chi connectivity index (χ1v) is 10.4. The SMILES string of the molecule is CCCC(C(=O)NCCNC(=O)C(CCC)[N+]1=NC(=O)C=CC1=O)[N+]1=NC(=O)C=CC1=O. The first-order chi connectivity index (χ1) is 15.3. The van der Waals surface area contributed by atoms with Crippen LogP contribution in [0.1, 0.15) is 39.5 Å². The van der Waals surface area contributed by atoms with Crippen LogP contribution in [-0.2, 0) is 28.8 Å². The third kappa shape index (κ3) is 6.40. The first-order valence-electron chi connectivity index (χ1n) is 10.4. The zero-order valence-electron chi connectivity index (χ0n) is 17.9. The first kappa shape index (κ1) is 24.6. The van der Waals surface area contributed by atoms with Crippen molar-refractivity contribution >= 4 is 35.4 Å². The monoisotopic (exact) mass is 446 g/mol. The van der Waals surface area contributed by atoms with Crippen LogP contribution in [0.5, 0.6) is 0 Å². The maximum atomic E-state index is 12.6. The van der Waals surface area contributed by atoms with E-state index in [1.165, 1.54) is 0 Å². The van der Waals surface area contributed by atoms with Gasteiger partial charge in [0.15, 0.2) is 0 Å². The minimum Gasteiger partial charge on any atom is -0.348 e. The molecule has 0 saturated carbocycles. The third-order valence-corrected chi connectivity index (χ3v) is 4.64. The molecule has 0 aliphatic carbocycles. The molecule has 2 rings (SSSR count). The van der Waals surface area contributed by atoms with E-state index < -0.39 is 47.5 Å². The topological polar surface area (TPSA) is 157 Å². The fourth-order valence-corrected chi connectivity index (χ4v) is 3.14. The molecule has 0 aromatic heterocycles. The Kier molecular flexibility index (Phi) is 8.93. The Morgan fingerprint density at radius 1 is 0.750 bits per heavy atom. The van der Waals surface area contributed by atoms with Crippen molar-refractivity contribution in [1.82, 2.24) is 10.6 Å². The van der Waals surface area contributed by atoms with Gasteiger partial charge in [-0.1, -0.05) is 13.8 Å². The highest BCUT2D eigenvalue weighted by atomic mass is 16.2. The van der Waals surface area contributed by atoms with Crippen LogP contribution >= 0.6 is 0 Å². The minimum absolute atomic E-state index is 0.0410. The molecule has 170 valence electrons. The lowest BCUT2D eigenvalue weighted by Crippen LogP contribution is -2.48. The number of hydrogen-bond donors (Lipinski definition) is 2. The predicted molar refractivity (Wildman–Crippen MR) is 107 cm³/mol. The van der Waals surface area contributed by atoms with Crippen molar-refractivity contribution in [3.05, 3.63) is 24.3 Å². The maximum Gasteiger partial charge on any atom is 0.437 e. The highest BCUT2D eigenvalue weighted by Crippen LogP contribution is 2.09. The molecule has 0 radical (unpaired) electrons. The van der Waals surface area contributed by atoms with Gasteiger partial charge in [0.1, 0.15) is 0 Å². The van der Waals surface area contributed by atoms with Crippen LogP contribution in [0.4, 0.5) is 0 Å². The van der Waals surface area contributed by atoms with Gasteiger partial charge >= 0.3 is 23.6 Å². The highest BCUT2D eigenvalue weighted by Gasteiger charge is 2.39. The van der Waals surface area contributed by atoms with Crippen molar-refractivity contribution in [2.45, 2.75) is 51.6 Å². The lowest BCUT2D eigenvalue weighted by Gasteiger charge is -2.14.